The molecule has 1 fully saturated rings. The quantitative estimate of drug-likeness (QED) is 0.567. The monoisotopic (exact) mass is 171 g/mol. The second-order valence-corrected chi connectivity index (χ2v) is 3.95. The summed E-state index contributed by atoms with van der Waals surface area (Å²) in [4.78, 5) is 0. The SMILES string of the molecule is CC(CNCCCCO)C1CC1. The molecule has 0 bridgehead atoms. The fraction of sp³-hybridized carbons (Fsp3) is 1.00. The van der Waals surface area contributed by atoms with Gasteiger partial charge in [0.25, 0.3) is 0 Å². The second-order valence-electron chi connectivity index (χ2n) is 3.95. The van der Waals surface area contributed by atoms with Gasteiger partial charge in [-0.05, 0) is 50.6 Å². The van der Waals surface area contributed by atoms with E-state index in [1.165, 1.54) is 12.8 Å². The Hall–Kier alpha value is -0.0800. The van der Waals surface area contributed by atoms with E-state index in [0.717, 1.165) is 37.8 Å². The summed E-state index contributed by atoms with van der Waals surface area (Å²) in [5.41, 5.74) is 0. The normalized spacial score (nSPS) is 19.5. The second kappa shape index (κ2) is 5.55. The maximum Gasteiger partial charge on any atom is 0.0431 e. The van der Waals surface area contributed by atoms with E-state index in [2.05, 4.69) is 12.2 Å². The van der Waals surface area contributed by atoms with E-state index in [1.807, 2.05) is 0 Å². The van der Waals surface area contributed by atoms with Crippen molar-refractivity contribution in [2.24, 2.45) is 11.8 Å². The van der Waals surface area contributed by atoms with E-state index in [-0.39, 0.29) is 0 Å². The molecule has 0 heterocycles. The van der Waals surface area contributed by atoms with Gasteiger partial charge < -0.3 is 10.4 Å². The Morgan fingerprint density at radius 3 is 2.75 bits per heavy atom. The molecule has 1 saturated carbocycles. The van der Waals surface area contributed by atoms with Crippen LogP contribution in [-0.2, 0) is 0 Å². The zero-order valence-electron chi connectivity index (χ0n) is 8.05. The molecule has 1 unspecified atom stereocenters. The summed E-state index contributed by atoms with van der Waals surface area (Å²) in [6.45, 7) is 4.89. The minimum Gasteiger partial charge on any atom is -0.396 e. The van der Waals surface area contributed by atoms with E-state index in [1.54, 1.807) is 0 Å². The van der Waals surface area contributed by atoms with Crippen molar-refractivity contribution in [2.75, 3.05) is 19.7 Å². The highest BCUT2D eigenvalue weighted by Crippen LogP contribution is 2.35. The van der Waals surface area contributed by atoms with Crippen LogP contribution < -0.4 is 5.32 Å². The van der Waals surface area contributed by atoms with Crippen LogP contribution in [0.2, 0.25) is 0 Å². The van der Waals surface area contributed by atoms with Crippen molar-refractivity contribution in [2.45, 2.75) is 32.6 Å². The first-order valence-corrected chi connectivity index (χ1v) is 5.16. The number of rotatable bonds is 7. The zero-order valence-corrected chi connectivity index (χ0v) is 8.05. The summed E-state index contributed by atoms with van der Waals surface area (Å²) < 4.78 is 0. The molecule has 0 amide bonds. The minimum atomic E-state index is 0.333. The van der Waals surface area contributed by atoms with Crippen LogP contribution in [0.25, 0.3) is 0 Å². The minimum absolute atomic E-state index is 0.333. The van der Waals surface area contributed by atoms with Gasteiger partial charge >= 0.3 is 0 Å². The van der Waals surface area contributed by atoms with Crippen LogP contribution in [0.5, 0.6) is 0 Å². The van der Waals surface area contributed by atoms with Crippen molar-refractivity contribution in [3.63, 3.8) is 0 Å². The molecular weight excluding hydrogens is 150 g/mol. The number of hydrogen-bond donors (Lipinski definition) is 2. The average Bonchev–Trinajstić information content (AvgIpc) is 2.86. The van der Waals surface area contributed by atoms with E-state index < -0.39 is 0 Å². The number of unbranched alkanes of at least 4 members (excludes halogenated alkanes) is 1. The molecule has 2 N–H and O–H groups in total. The van der Waals surface area contributed by atoms with Crippen molar-refractivity contribution in [3.05, 3.63) is 0 Å². The van der Waals surface area contributed by atoms with E-state index in [4.69, 9.17) is 5.11 Å². The fourth-order valence-corrected chi connectivity index (χ4v) is 1.52. The van der Waals surface area contributed by atoms with Crippen LogP contribution in [0.4, 0.5) is 0 Å². The van der Waals surface area contributed by atoms with Gasteiger partial charge in [-0.2, -0.15) is 0 Å². The average molecular weight is 171 g/mol. The Morgan fingerprint density at radius 2 is 2.17 bits per heavy atom. The Morgan fingerprint density at radius 1 is 1.42 bits per heavy atom. The largest absolute Gasteiger partial charge is 0.396 e. The highest BCUT2D eigenvalue weighted by molar-refractivity contribution is 4.79. The highest BCUT2D eigenvalue weighted by Gasteiger charge is 2.27. The smallest absolute Gasteiger partial charge is 0.0431 e. The lowest BCUT2D eigenvalue weighted by Crippen LogP contribution is -2.23. The van der Waals surface area contributed by atoms with E-state index in [9.17, 15) is 0 Å². The summed E-state index contributed by atoms with van der Waals surface area (Å²) in [7, 11) is 0. The number of aliphatic hydroxyl groups is 1. The lowest BCUT2D eigenvalue weighted by atomic mass is 10.1. The van der Waals surface area contributed by atoms with Gasteiger partial charge in [0, 0.05) is 6.61 Å². The zero-order chi connectivity index (χ0) is 8.81. The third kappa shape index (κ3) is 4.07. The highest BCUT2D eigenvalue weighted by atomic mass is 16.2. The molecule has 1 rings (SSSR count). The molecule has 0 aliphatic heterocycles. The standard InChI is InChI=1S/C10H21NO/c1-9(10-4-5-10)8-11-6-2-3-7-12/h9-12H,2-8H2,1H3. The van der Waals surface area contributed by atoms with Crippen LogP contribution >= 0.6 is 0 Å². The summed E-state index contributed by atoms with van der Waals surface area (Å²) in [5.74, 6) is 1.87. The van der Waals surface area contributed by atoms with Gasteiger partial charge in [0.15, 0.2) is 0 Å². The molecular formula is C10H21NO. The summed E-state index contributed by atoms with van der Waals surface area (Å²) in [5, 5.41) is 12.0. The van der Waals surface area contributed by atoms with Crippen LogP contribution in [0.15, 0.2) is 0 Å². The number of nitrogens with one attached hydrogen (secondary N) is 1. The molecule has 0 aromatic heterocycles. The van der Waals surface area contributed by atoms with Crippen molar-refractivity contribution in [3.8, 4) is 0 Å². The summed E-state index contributed by atoms with van der Waals surface area (Å²) >= 11 is 0. The first-order valence-electron chi connectivity index (χ1n) is 5.16. The van der Waals surface area contributed by atoms with Gasteiger partial charge in [0.2, 0.25) is 0 Å². The molecule has 1 atom stereocenters. The Kier molecular flexibility index (Phi) is 4.62. The molecule has 1 aliphatic carbocycles. The van der Waals surface area contributed by atoms with Crippen molar-refractivity contribution >= 4 is 0 Å². The maximum atomic E-state index is 8.55. The summed E-state index contributed by atoms with van der Waals surface area (Å²) in [6.07, 6.45) is 4.93. The van der Waals surface area contributed by atoms with Gasteiger partial charge in [-0.3, -0.25) is 0 Å². The fourth-order valence-electron chi connectivity index (χ4n) is 1.52. The Bertz CT molecular complexity index is 112. The van der Waals surface area contributed by atoms with Crippen LogP contribution in [0, 0.1) is 11.8 Å². The number of aliphatic hydroxyl groups excluding tert-OH is 1. The van der Waals surface area contributed by atoms with Crippen molar-refractivity contribution < 1.29 is 5.11 Å². The maximum absolute atomic E-state index is 8.55. The Balaban J connectivity index is 1.81. The third-order valence-corrected chi connectivity index (χ3v) is 2.65. The van der Waals surface area contributed by atoms with E-state index in [0.29, 0.717) is 6.61 Å². The topological polar surface area (TPSA) is 32.3 Å². The Labute approximate surface area is 75.4 Å². The first-order chi connectivity index (χ1) is 5.84. The van der Waals surface area contributed by atoms with Gasteiger partial charge in [0.1, 0.15) is 0 Å². The predicted octanol–water partition coefficient (Wildman–Crippen LogP) is 1.39. The van der Waals surface area contributed by atoms with Crippen LogP contribution in [0.1, 0.15) is 32.6 Å². The lowest BCUT2D eigenvalue weighted by Gasteiger charge is -2.10. The molecule has 12 heavy (non-hydrogen) atoms. The lowest BCUT2D eigenvalue weighted by molar-refractivity contribution is 0.283. The van der Waals surface area contributed by atoms with Crippen LogP contribution in [-0.4, -0.2) is 24.8 Å². The third-order valence-electron chi connectivity index (χ3n) is 2.65. The number of hydrogen-bond acceptors (Lipinski definition) is 2. The molecule has 2 heteroatoms. The van der Waals surface area contributed by atoms with Crippen molar-refractivity contribution in [1.82, 2.24) is 5.32 Å². The molecule has 0 aromatic carbocycles. The predicted molar refractivity (Wildman–Crippen MR) is 51.1 cm³/mol. The molecule has 0 saturated heterocycles. The van der Waals surface area contributed by atoms with Gasteiger partial charge in [-0.1, -0.05) is 6.92 Å². The molecule has 72 valence electrons. The molecule has 1 aliphatic rings. The molecule has 0 radical (unpaired) electrons. The molecule has 2 nitrogen and oxygen atoms in total. The van der Waals surface area contributed by atoms with E-state index >= 15 is 0 Å². The van der Waals surface area contributed by atoms with Gasteiger partial charge in [-0.15, -0.1) is 0 Å². The van der Waals surface area contributed by atoms with Gasteiger partial charge in [0.05, 0.1) is 0 Å². The summed E-state index contributed by atoms with van der Waals surface area (Å²) in [6, 6.07) is 0. The first kappa shape index (κ1) is 10.0. The molecule has 0 aromatic rings. The van der Waals surface area contributed by atoms with Crippen LogP contribution in [0.3, 0.4) is 0 Å². The van der Waals surface area contributed by atoms with Gasteiger partial charge in [-0.25, -0.2) is 0 Å². The van der Waals surface area contributed by atoms with Crippen molar-refractivity contribution in [1.29, 1.82) is 0 Å². The molecule has 0 spiro atoms.